The van der Waals surface area contributed by atoms with E-state index in [4.69, 9.17) is 18.5 Å². The standard InChI is InChI=1S/C23H30N5O7P/c1-14(2)34-36(31,35-15(3)4)13-33-17-10-32-23(19(17)29)28-12-26-18-20(24-11-25-21(18)28)27-22(30)16-8-6-5-7-9-16/h5-9,11-12,14-15,17,19,23,29H,10,13H2,1-4H3,(H,24,25,27,30)/t17-,19+,23+/m0/s1. The fraction of sp³-hybridized carbons (Fsp3) is 0.478. The maximum absolute atomic E-state index is 13.1. The molecule has 1 amide bonds. The van der Waals surface area contributed by atoms with Gasteiger partial charge in [-0.25, -0.2) is 15.0 Å². The van der Waals surface area contributed by atoms with Crippen molar-refractivity contribution in [3.8, 4) is 0 Å². The lowest BCUT2D eigenvalue weighted by Crippen LogP contribution is -2.31. The highest BCUT2D eigenvalue weighted by Gasteiger charge is 2.41. The number of carbonyl (C=O) groups excluding carboxylic acids is 1. The van der Waals surface area contributed by atoms with E-state index in [-0.39, 0.29) is 36.9 Å². The van der Waals surface area contributed by atoms with Gasteiger partial charge in [0.15, 0.2) is 23.2 Å². The lowest BCUT2D eigenvalue weighted by atomic mass is 10.2. The van der Waals surface area contributed by atoms with Gasteiger partial charge in [0.25, 0.3) is 5.91 Å². The average Bonchev–Trinajstić information content (AvgIpc) is 3.41. The molecule has 3 heterocycles. The quantitative estimate of drug-likeness (QED) is 0.382. The van der Waals surface area contributed by atoms with Crippen molar-refractivity contribution in [2.24, 2.45) is 0 Å². The average molecular weight is 519 g/mol. The number of fused-ring (bicyclic) bond motifs is 1. The van der Waals surface area contributed by atoms with E-state index >= 15 is 0 Å². The summed E-state index contributed by atoms with van der Waals surface area (Å²) in [5.74, 6) is -0.113. The summed E-state index contributed by atoms with van der Waals surface area (Å²) in [7, 11) is -3.54. The number of aliphatic hydroxyl groups excluding tert-OH is 1. The third kappa shape index (κ3) is 5.97. The van der Waals surface area contributed by atoms with E-state index in [2.05, 4.69) is 20.3 Å². The molecule has 1 aliphatic rings. The molecular weight excluding hydrogens is 489 g/mol. The van der Waals surface area contributed by atoms with Crippen LogP contribution in [0.4, 0.5) is 5.82 Å². The van der Waals surface area contributed by atoms with Crippen LogP contribution < -0.4 is 5.32 Å². The van der Waals surface area contributed by atoms with E-state index in [0.717, 1.165) is 0 Å². The molecule has 13 heteroatoms. The number of nitrogens with one attached hydrogen (secondary N) is 1. The fourth-order valence-corrected chi connectivity index (χ4v) is 5.61. The van der Waals surface area contributed by atoms with Gasteiger partial charge in [-0.15, -0.1) is 0 Å². The zero-order valence-corrected chi connectivity index (χ0v) is 21.4. The smallest absolute Gasteiger partial charge is 0.356 e. The molecule has 0 radical (unpaired) electrons. The normalized spacial score (nSPS) is 20.5. The van der Waals surface area contributed by atoms with Gasteiger partial charge in [0, 0.05) is 5.56 Å². The van der Waals surface area contributed by atoms with Gasteiger partial charge in [0.1, 0.15) is 24.9 Å². The Morgan fingerprint density at radius 2 is 1.86 bits per heavy atom. The maximum Gasteiger partial charge on any atom is 0.356 e. The first-order valence-corrected chi connectivity index (χ1v) is 13.3. The van der Waals surface area contributed by atoms with Crippen LogP contribution in [0.15, 0.2) is 43.0 Å². The Kier molecular flexibility index (Phi) is 8.13. The summed E-state index contributed by atoms with van der Waals surface area (Å²) >= 11 is 0. The molecule has 1 aliphatic heterocycles. The molecular formula is C23H30N5O7P. The summed E-state index contributed by atoms with van der Waals surface area (Å²) in [6.45, 7) is 7.05. The van der Waals surface area contributed by atoms with Crippen LogP contribution in [0.2, 0.25) is 0 Å². The zero-order chi connectivity index (χ0) is 25.9. The Morgan fingerprint density at radius 3 is 2.53 bits per heavy atom. The van der Waals surface area contributed by atoms with E-state index in [1.165, 1.54) is 17.2 Å². The number of hydrogen-bond donors (Lipinski definition) is 2. The molecule has 3 aromatic rings. The number of anilines is 1. The van der Waals surface area contributed by atoms with Gasteiger partial charge in [0.05, 0.1) is 25.1 Å². The molecule has 194 valence electrons. The van der Waals surface area contributed by atoms with E-state index < -0.39 is 26.0 Å². The van der Waals surface area contributed by atoms with Crippen LogP contribution in [0, 0.1) is 0 Å². The molecule has 1 fully saturated rings. The molecule has 1 aromatic carbocycles. The van der Waals surface area contributed by atoms with Gasteiger partial charge in [-0.3, -0.25) is 13.9 Å². The second-order valence-corrected chi connectivity index (χ2v) is 10.7. The summed E-state index contributed by atoms with van der Waals surface area (Å²) in [6, 6.07) is 8.72. The molecule has 2 N–H and O–H groups in total. The fourth-order valence-electron chi connectivity index (χ4n) is 3.78. The van der Waals surface area contributed by atoms with Gasteiger partial charge in [-0.1, -0.05) is 18.2 Å². The number of imidazole rings is 1. The molecule has 4 rings (SSSR count). The van der Waals surface area contributed by atoms with Crippen LogP contribution in [0.1, 0.15) is 44.3 Å². The van der Waals surface area contributed by atoms with Crippen molar-refractivity contribution < 1.29 is 33.0 Å². The van der Waals surface area contributed by atoms with Crippen LogP contribution in [-0.4, -0.2) is 67.9 Å². The van der Waals surface area contributed by atoms with Crippen LogP contribution in [0.3, 0.4) is 0 Å². The van der Waals surface area contributed by atoms with Crippen LogP contribution >= 0.6 is 7.60 Å². The Balaban J connectivity index is 1.48. The number of carbonyl (C=O) groups is 1. The minimum absolute atomic E-state index is 0.0392. The summed E-state index contributed by atoms with van der Waals surface area (Å²) in [4.78, 5) is 25.3. The van der Waals surface area contributed by atoms with Gasteiger partial charge >= 0.3 is 7.60 Å². The highest BCUT2D eigenvalue weighted by molar-refractivity contribution is 7.53. The Morgan fingerprint density at radius 1 is 1.17 bits per heavy atom. The number of hydrogen-bond acceptors (Lipinski definition) is 10. The number of aliphatic hydroxyl groups is 1. The molecule has 0 unspecified atom stereocenters. The highest BCUT2D eigenvalue weighted by Crippen LogP contribution is 2.51. The molecule has 2 aromatic heterocycles. The van der Waals surface area contributed by atoms with Crippen LogP contribution in [-0.2, 0) is 23.1 Å². The highest BCUT2D eigenvalue weighted by atomic mass is 31.2. The minimum atomic E-state index is -3.54. The van der Waals surface area contributed by atoms with Gasteiger partial charge in [0.2, 0.25) is 0 Å². The largest absolute Gasteiger partial charge is 0.386 e. The number of ether oxygens (including phenoxy) is 2. The maximum atomic E-state index is 13.1. The predicted molar refractivity (Wildman–Crippen MR) is 131 cm³/mol. The third-order valence-electron chi connectivity index (χ3n) is 5.19. The number of benzene rings is 1. The monoisotopic (exact) mass is 519 g/mol. The summed E-state index contributed by atoms with van der Waals surface area (Å²) in [6.07, 6.45) is -1.03. The van der Waals surface area contributed by atoms with Crippen molar-refractivity contribution in [1.29, 1.82) is 0 Å². The van der Waals surface area contributed by atoms with E-state index in [1.807, 2.05) is 6.07 Å². The topological polar surface area (TPSA) is 147 Å². The molecule has 0 spiro atoms. The van der Waals surface area contributed by atoms with Crippen molar-refractivity contribution in [2.45, 2.75) is 58.3 Å². The molecule has 0 aliphatic carbocycles. The van der Waals surface area contributed by atoms with Crippen molar-refractivity contribution in [2.75, 3.05) is 18.3 Å². The van der Waals surface area contributed by atoms with Crippen molar-refractivity contribution >= 4 is 30.5 Å². The van der Waals surface area contributed by atoms with E-state index in [0.29, 0.717) is 16.7 Å². The molecule has 0 saturated carbocycles. The van der Waals surface area contributed by atoms with E-state index in [9.17, 15) is 14.5 Å². The summed E-state index contributed by atoms with van der Waals surface area (Å²) < 4.78 is 37.1. The predicted octanol–water partition coefficient (Wildman–Crippen LogP) is 3.35. The molecule has 12 nitrogen and oxygen atoms in total. The summed E-state index contributed by atoms with van der Waals surface area (Å²) in [5, 5.41) is 13.7. The first-order chi connectivity index (χ1) is 17.2. The van der Waals surface area contributed by atoms with Crippen molar-refractivity contribution in [1.82, 2.24) is 19.5 Å². The number of amides is 1. The van der Waals surface area contributed by atoms with E-state index in [1.54, 1.807) is 52.0 Å². The Hall–Kier alpha value is -2.73. The number of rotatable bonds is 10. The SMILES string of the molecule is CC(C)OP(=O)(CO[C@H]1CO[C@@H](n2cnc3c(NC(=O)c4ccccc4)ncnc32)[C@@H]1O)OC(C)C. The molecule has 3 atom stereocenters. The minimum Gasteiger partial charge on any atom is -0.386 e. The van der Waals surface area contributed by atoms with Crippen molar-refractivity contribution in [3.05, 3.63) is 48.5 Å². The second-order valence-electron chi connectivity index (χ2n) is 8.83. The lowest BCUT2D eigenvalue weighted by Gasteiger charge is -2.25. The van der Waals surface area contributed by atoms with Crippen molar-refractivity contribution in [3.63, 3.8) is 0 Å². The molecule has 0 bridgehead atoms. The molecule has 36 heavy (non-hydrogen) atoms. The zero-order valence-electron chi connectivity index (χ0n) is 20.5. The lowest BCUT2D eigenvalue weighted by molar-refractivity contribution is -0.0302. The van der Waals surface area contributed by atoms with Crippen LogP contribution in [0.5, 0.6) is 0 Å². The first-order valence-electron chi connectivity index (χ1n) is 11.6. The Labute approximate surface area is 208 Å². The second kappa shape index (κ2) is 11.1. The summed E-state index contributed by atoms with van der Waals surface area (Å²) in [5.41, 5.74) is 1.16. The number of aromatic nitrogens is 4. The first kappa shape index (κ1) is 26.3. The van der Waals surface area contributed by atoms with Gasteiger partial charge in [-0.05, 0) is 39.8 Å². The van der Waals surface area contributed by atoms with Gasteiger partial charge < -0.3 is 28.9 Å². The third-order valence-corrected chi connectivity index (χ3v) is 7.15. The molecule has 1 saturated heterocycles. The Bertz CT molecular complexity index is 1220. The van der Waals surface area contributed by atoms with Crippen LogP contribution in [0.25, 0.3) is 11.2 Å². The van der Waals surface area contributed by atoms with Gasteiger partial charge in [-0.2, -0.15) is 0 Å². The number of nitrogens with zero attached hydrogens (tertiary/aromatic N) is 4.